The average molecular weight is 1170 g/mol. The monoisotopic (exact) mass is 1170 g/mol. The molecule has 0 spiro atoms. The van der Waals surface area contributed by atoms with E-state index >= 15 is 0 Å². The second kappa shape index (κ2) is 20.2. The van der Waals surface area contributed by atoms with E-state index in [1.807, 2.05) is 12.3 Å². The third kappa shape index (κ3) is 9.78. The Bertz CT molecular complexity index is 3860. The molecule has 0 fully saturated rings. The Hall–Kier alpha value is -7.59. The molecule has 3 aromatic heterocycles. The smallest absolute Gasteiger partial charge is 0.267 e. The topological polar surface area (TPSA) is 35.9 Å². The molecule has 11 rings (SSSR count). The number of hydrogen-bond acceptors (Lipinski definition) is 2. The fourth-order valence-electron chi connectivity index (χ4n) is 10.8. The third-order valence-corrected chi connectivity index (χ3v) is 14.9. The molecule has 0 radical (unpaired) electrons. The van der Waals surface area contributed by atoms with Gasteiger partial charge < -0.3 is 13.9 Å². The minimum Gasteiger partial charge on any atom is -0.510 e. The molecular formula is C70H64N4OPt-2. The van der Waals surface area contributed by atoms with Gasteiger partial charge in [0.15, 0.2) is 0 Å². The summed E-state index contributed by atoms with van der Waals surface area (Å²) in [7, 11) is 0. The number of para-hydroxylation sites is 1. The van der Waals surface area contributed by atoms with E-state index in [1.54, 1.807) is 0 Å². The Morgan fingerprint density at radius 3 is 1.63 bits per heavy atom. The van der Waals surface area contributed by atoms with Gasteiger partial charge in [0.1, 0.15) is 5.82 Å². The van der Waals surface area contributed by atoms with Crippen LogP contribution in [0.2, 0.25) is 0 Å². The first-order valence-electron chi connectivity index (χ1n) is 26.1. The predicted molar refractivity (Wildman–Crippen MR) is 308 cm³/mol. The molecule has 0 bridgehead atoms. The summed E-state index contributed by atoms with van der Waals surface area (Å²) >= 11 is 0. The Morgan fingerprint density at radius 1 is 0.461 bits per heavy atom. The molecule has 0 saturated carbocycles. The summed E-state index contributed by atoms with van der Waals surface area (Å²) in [5, 5.41) is 2.19. The van der Waals surface area contributed by atoms with Crippen LogP contribution in [0, 0.1) is 18.5 Å². The quantitative estimate of drug-likeness (QED) is 0.0956. The van der Waals surface area contributed by atoms with E-state index in [0.29, 0.717) is 11.5 Å². The Morgan fingerprint density at radius 2 is 1.03 bits per heavy atom. The minimum absolute atomic E-state index is 0. The van der Waals surface area contributed by atoms with Crippen molar-refractivity contribution in [2.45, 2.75) is 90.9 Å². The number of benzene rings is 8. The fraction of sp³-hybridized carbons (Fsp3) is 0.200. The molecule has 0 aliphatic carbocycles. The molecule has 5 nitrogen and oxygen atoms in total. The van der Waals surface area contributed by atoms with Crippen LogP contribution in [0.25, 0.3) is 61.3 Å². The van der Waals surface area contributed by atoms with Crippen LogP contribution in [-0.2, 0) is 42.7 Å². The van der Waals surface area contributed by atoms with Gasteiger partial charge >= 0.3 is 0 Å². The van der Waals surface area contributed by atoms with Crippen LogP contribution >= 0.6 is 0 Å². The van der Waals surface area contributed by atoms with Crippen LogP contribution < -0.4 is 9.30 Å². The van der Waals surface area contributed by atoms with Crippen LogP contribution in [0.15, 0.2) is 206 Å². The summed E-state index contributed by atoms with van der Waals surface area (Å²) in [5.41, 5.74) is 14.2. The summed E-state index contributed by atoms with van der Waals surface area (Å²) in [6.45, 7) is 23.0. The number of imidazole rings is 1. The molecule has 0 atom stereocenters. The molecule has 8 aromatic carbocycles. The van der Waals surface area contributed by atoms with Crippen LogP contribution in [0.3, 0.4) is 0 Å². The van der Waals surface area contributed by atoms with Crippen molar-refractivity contribution in [3.8, 4) is 50.9 Å². The first-order valence-corrected chi connectivity index (χ1v) is 26.1. The number of hydrogen-bond donors (Lipinski definition) is 0. The standard InChI is InChI=1S/C70H64N4O.Pt/c1-67(2,3)65-66(68(4,5)6)73(47-72(65)56-40-50(48-25-15-11-16-26-48)39-55(43-56)70(9,10)53-31-21-14-22-32-53)57-41-51(49-27-17-12-18-28-49)42-59(45-57)75-58-35-36-61-60-33-23-24-34-62(60)74(63(61)46-58)64-44-54(37-38-71-64)69(7,8)52-29-19-13-20-30-52;/h11-44H,1-10H3;/q-2;. The van der Waals surface area contributed by atoms with Gasteiger partial charge in [-0.1, -0.05) is 220 Å². The Kier molecular flexibility index (Phi) is 13.8. The molecule has 3 heterocycles. The van der Waals surface area contributed by atoms with E-state index < -0.39 is 0 Å². The molecular weight excluding hydrogens is 1110 g/mol. The Labute approximate surface area is 463 Å². The third-order valence-electron chi connectivity index (χ3n) is 14.9. The summed E-state index contributed by atoms with van der Waals surface area (Å²) in [6, 6.07) is 78.6. The fourth-order valence-corrected chi connectivity index (χ4v) is 10.8. The number of pyridine rings is 1. The normalized spacial score (nSPS) is 12.2. The second-order valence-electron chi connectivity index (χ2n) is 23.0. The zero-order chi connectivity index (χ0) is 52.3. The number of fused-ring (bicyclic) bond motifs is 3. The number of aromatic nitrogens is 4. The number of ether oxygens (including phenoxy) is 1. The van der Waals surface area contributed by atoms with E-state index in [4.69, 9.17) is 9.72 Å². The van der Waals surface area contributed by atoms with E-state index in [2.05, 4.69) is 296 Å². The van der Waals surface area contributed by atoms with Crippen molar-refractivity contribution < 1.29 is 30.4 Å². The largest absolute Gasteiger partial charge is 0.510 e. The van der Waals surface area contributed by atoms with Crippen molar-refractivity contribution in [2.24, 2.45) is 0 Å². The van der Waals surface area contributed by atoms with E-state index in [0.717, 1.165) is 66.9 Å². The molecule has 0 aliphatic rings. The molecule has 6 heteroatoms. The molecule has 11 aromatic rings. The van der Waals surface area contributed by atoms with Crippen molar-refractivity contribution in [1.82, 2.24) is 14.1 Å². The van der Waals surface area contributed by atoms with E-state index in [1.165, 1.54) is 27.9 Å². The van der Waals surface area contributed by atoms with Gasteiger partial charge in [-0.15, -0.1) is 35.2 Å². The average Bonchev–Trinajstić information content (AvgIpc) is 4.09. The SMILES string of the molecule is CC(C)(C)c1c(C(C)(C)C)[n+](-c2cc(-c3ccccc3)cc(C(C)(C)c3ccccc3)c2)[c-]n1-c1[c-]c(Oc2[c-]c3c(cc2)c2ccccc2n3-c2cc(C(C)(C)c3ccccc3)ccn2)cc(-c2ccccc2)c1.[Pt]. The first kappa shape index (κ1) is 51.9. The van der Waals surface area contributed by atoms with Gasteiger partial charge in [-0.3, -0.25) is 4.57 Å². The van der Waals surface area contributed by atoms with Crippen LogP contribution in [0.4, 0.5) is 0 Å². The number of nitrogens with zero attached hydrogens (tertiary/aromatic N) is 4. The van der Waals surface area contributed by atoms with Crippen molar-refractivity contribution in [3.05, 3.63) is 258 Å². The maximum absolute atomic E-state index is 7.03. The molecule has 0 unspecified atom stereocenters. The summed E-state index contributed by atoms with van der Waals surface area (Å²) < 4.78 is 13.8. The zero-order valence-corrected chi connectivity index (χ0v) is 47.4. The zero-order valence-electron chi connectivity index (χ0n) is 45.1. The summed E-state index contributed by atoms with van der Waals surface area (Å²) in [4.78, 5) is 5.01. The van der Waals surface area contributed by atoms with Crippen molar-refractivity contribution in [1.29, 1.82) is 0 Å². The van der Waals surface area contributed by atoms with Crippen molar-refractivity contribution in [3.63, 3.8) is 0 Å². The molecule has 382 valence electrons. The maximum Gasteiger partial charge on any atom is 0.267 e. The van der Waals surface area contributed by atoms with Gasteiger partial charge in [0.25, 0.3) is 6.33 Å². The molecule has 0 N–H and O–H groups in total. The first-order chi connectivity index (χ1) is 35.9. The van der Waals surface area contributed by atoms with Gasteiger partial charge in [0, 0.05) is 55.1 Å². The van der Waals surface area contributed by atoms with Gasteiger partial charge in [0.2, 0.25) is 0 Å². The van der Waals surface area contributed by atoms with Gasteiger partial charge in [0.05, 0.1) is 17.1 Å². The predicted octanol–water partition coefficient (Wildman–Crippen LogP) is 17.0. The van der Waals surface area contributed by atoms with Crippen LogP contribution in [0.5, 0.6) is 11.5 Å². The Balaban J connectivity index is 0.00000657. The van der Waals surface area contributed by atoms with Crippen molar-refractivity contribution in [2.75, 3.05) is 0 Å². The summed E-state index contributed by atoms with van der Waals surface area (Å²) in [6.07, 6.45) is 5.90. The van der Waals surface area contributed by atoms with E-state index in [-0.39, 0.29) is 42.7 Å². The van der Waals surface area contributed by atoms with Crippen molar-refractivity contribution >= 4 is 21.8 Å². The van der Waals surface area contributed by atoms with Gasteiger partial charge in [-0.2, -0.15) is 12.1 Å². The molecule has 0 amide bonds. The maximum atomic E-state index is 7.03. The van der Waals surface area contributed by atoms with Gasteiger partial charge in [-0.05, 0) is 91.2 Å². The van der Waals surface area contributed by atoms with Gasteiger partial charge in [-0.25, -0.2) is 4.98 Å². The number of rotatable bonds is 11. The minimum atomic E-state index is -0.320. The van der Waals surface area contributed by atoms with Crippen LogP contribution in [0.1, 0.15) is 103 Å². The summed E-state index contributed by atoms with van der Waals surface area (Å²) in [5.74, 6) is 1.96. The molecule has 76 heavy (non-hydrogen) atoms. The van der Waals surface area contributed by atoms with Crippen LogP contribution in [-0.4, -0.2) is 14.1 Å². The second-order valence-corrected chi connectivity index (χ2v) is 23.0. The molecule has 0 saturated heterocycles. The van der Waals surface area contributed by atoms with E-state index in [9.17, 15) is 0 Å². The molecule has 0 aliphatic heterocycles.